The summed E-state index contributed by atoms with van der Waals surface area (Å²) < 4.78 is 9.90. The summed E-state index contributed by atoms with van der Waals surface area (Å²) in [6.45, 7) is 8.01. The number of hydrogen-bond donors (Lipinski definition) is 0. The average molecular weight is 314 g/mol. The summed E-state index contributed by atoms with van der Waals surface area (Å²) in [6, 6.07) is 8.04. The number of aryl methyl sites for hydroxylation is 2. The second kappa shape index (κ2) is 7.22. The topological polar surface area (TPSA) is 61.3 Å². The van der Waals surface area contributed by atoms with Crippen molar-refractivity contribution in [2.45, 2.75) is 40.0 Å². The molecule has 0 atom stereocenters. The molecule has 1 heterocycles. The van der Waals surface area contributed by atoms with E-state index in [2.05, 4.69) is 14.7 Å². The van der Waals surface area contributed by atoms with E-state index in [0.29, 0.717) is 29.4 Å². The molecular weight excluding hydrogens is 292 g/mol. The number of carbonyl (C=O) groups excluding carboxylic acids is 1. The number of methoxy groups -OCH3 is 1. The van der Waals surface area contributed by atoms with E-state index in [9.17, 15) is 4.79 Å². The number of rotatable bonds is 4. The first-order chi connectivity index (χ1) is 11.0. The van der Waals surface area contributed by atoms with Crippen LogP contribution >= 0.6 is 0 Å². The maximum atomic E-state index is 11.5. The molecule has 0 unspecified atom stereocenters. The van der Waals surface area contributed by atoms with Crippen LogP contribution in [0.3, 0.4) is 0 Å². The van der Waals surface area contributed by atoms with Gasteiger partial charge < -0.3 is 9.47 Å². The van der Waals surface area contributed by atoms with Gasteiger partial charge in [-0.3, -0.25) is 0 Å². The van der Waals surface area contributed by atoms with Crippen LogP contribution in [0.25, 0.3) is 11.4 Å². The van der Waals surface area contributed by atoms with Crippen molar-refractivity contribution in [1.82, 2.24) is 9.97 Å². The Labute approximate surface area is 136 Å². The highest BCUT2D eigenvalue weighted by atomic mass is 16.7. The molecule has 2 aromatic rings. The molecule has 0 saturated carbocycles. The van der Waals surface area contributed by atoms with E-state index in [0.717, 1.165) is 5.56 Å². The first kappa shape index (κ1) is 16.9. The molecule has 1 aromatic heterocycles. The lowest BCUT2D eigenvalue weighted by Crippen LogP contribution is -2.14. The zero-order valence-electron chi connectivity index (χ0n) is 14.2. The van der Waals surface area contributed by atoms with E-state index >= 15 is 0 Å². The Balaban J connectivity index is 2.57. The van der Waals surface area contributed by atoms with E-state index < -0.39 is 6.16 Å². The van der Waals surface area contributed by atoms with Crippen molar-refractivity contribution in [2.24, 2.45) is 0 Å². The lowest BCUT2D eigenvalue weighted by atomic mass is 10.1. The molecule has 5 heteroatoms. The fourth-order valence-corrected chi connectivity index (χ4v) is 2.22. The number of ether oxygens (including phenoxy) is 2. The quantitative estimate of drug-likeness (QED) is 0.788. The molecule has 5 nitrogen and oxygen atoms in total. The lowest BCUT2D eigenvalue weighted by Gasteiger charge is -2.16. The average Bonchev–Trinajstić information content (AvgIpc) is 2.55. The van der Waals surface area contributed by atoms with E-state index in [-0.39, 0.29) is 5.92 Å². The van der Waals surface area contributed by atoms with Crippen LogP contribution in [0.1, 0.15) is 43.6 Å². The van der Waals surface area contributed by atoms with E-state index in [1.165, 1.54) is 12.7 Å². The molecule has 0 amide bonds. The van der Waals surface area contributed by atoms with Gasteiger partial charge in [0.1, 0.15) is 0 Å². The molecule has 122 valence electrons. The van der Waals surface area contributed by atoms with Gasteiger partial charge in [0.25, 0.3) is 0 Å². The summed E-state index contributed by atoms with van der Waals surface area (Å²) in [7, 11) is 1.28. The van der Waals surface area contributed by atoms with Crippen molar-refractivity contribution in [3.63, 3.8) is 0 Å². The molecule has 0 fully saturated rings. The smallest absolute Gasteiger partial charge is 0.437 e. The SMILES string of the molecule is CCc1nc(-c2ccc(C)cc2)nc(C(C)C)c1OC(=O)OC. The van der Waals surface area contributed by atoms with Crippen molar-refractivity contribution < 1.29 is 14.3 Å². The first-order valence-electron chi connectivity index (χ1n) is 7.69. The Morgan fingerprint density at radius 1 is 1.17 bits per heavy atom. The van der Waals surface area contributed by atoms with Crippen LogP contribution in [0, 0.1) is 6.92 Å². The lowest BCUT2D eigenvalue weighted by molar-refractivity contribution is 0.120. The molecule has 0 aliphatic heterocycles. The normalized spacial score (nSPS) is 10.7. The standard InChI is InChI=1S/C18H22N2O3/c1-6-14-16(23-18(21)22-5)15(11(2)3)20-17(19-14)13-9-7-12(4)8-10-13/h7-11H,6H2,1-5H3. The Kier molecular flexibility index (Phi) is 5.32. The minimum atomic E-state index is -0.756. The summed E-state index contributed by atoms with van der Waals surface area (Å²) >= 11 is 0. The van der Waals surface area contributed by atoms with Gasteiger partial charge in [-0.05, 0) is 19.3 Å². The number of aromatic nitrogens is 2. The minimum absolute atomic E-state index is 0.0900. The molecular formula is C18H22N2O3. The predicted molar refractivity (Wildman–Crippen MR) is 88.7 cm³/mol. The molecule has 0 saturated heterocycles. The van der Waals surface area contributed by atoms with Gasteiger partial charge in [-0.25, -0.2) is 14.8 Å². The molecule has 2 rings (SSSR count). The van der Waals surface area contributed by atoms with E-state index in [4.69, 9.17) is 4.74 Å². The molecule has 0 aliphatic rings. The number of nitrogens with zero attached hydrogens (tertiary/aromatic N) is 2. The largest absolute Gasteiger partial charge is 0.513 e. The second-order valence-electron chi connectivity index (χ2n) is 5.64. The van der Waals surface area contributed by atoms with Crippen LogP contribution in [-0.2, 0) is 11.2 Å². The minimum Gasteiger partial charge on any atom is -0.437 e. The highest BCUT2D eigenvalue weighted by Crippen LogP contribution is 2.31. The Hall–Kier alpha value is -2.43. The van der Waals surface area contributed by atoms with Crippen molar-refractivity contribution in [2.75, 3.05) is 7.11 Å². The maximum absolute atomic E-state index is 11.5. The monoisotopic (exact) mass is 314 g/mol. The van der Waals surface area contributed by atoms with Crippen LogP contribution in [0.5, 0.6) is 5.75 Å². The molecule has 23 heavy (non-hydrogen) atoms. The van der Waals surface area contributed by atoms with Crippen LogP contribution in [-0.4, -0.2) is 23.2 Å². The Bertz CT molecular complexity index is 694. The van der Waals surface area contributed by atoms with Crippen LogP contribution in [0.15, 0.2) is 24.3 Å². The number of carbonyl (C=O) groups is 1. The van der Waals surface area contributed by atoms with E-state index in [1.54, 1.807) is 0 Å². The summed E-state index contributed by atoms with van der Waals surface area (Å²) in [5.41, 5.74) is 3.53. The van der Waals surface area contributed by atoms with Crippen LogP contribution < -0.4 is 4.74 Å². The molecule has 0 bridgehead atoms. The number of hydrogen-bond acceptors (Lipinski definition) is 5. The molecule has 0 spiro atoms. The number of benzene rings is 1. The summed E-state index contributed by atoms with van der Waals surface area (Å²) in [6.07, 6.45) is -0.124. The second-order valence-corrected chi connectivity index (χ2v) is 5.64. The molecule has 1 aromatic carbocycles. The summed E-state index contributed by atoms with van der Waals surface area (Å²) in [5, 5.41) is 0. The highest BCUT2D eigenvalue weighted by Gasteiger charge is 2.21. The van der Waals surface area contributed by atoms with Gasteiger partial charge >= 0.3 is 6.16 Å². The molecule has 0 aliphatic carbocycles. The first-order valence-corrected chi connectivity index (χ1v) is 7.69. The fraction of sp³-hybridized carbons (Fsp3) is 0.389. The predicted octanol–water partition coefficient (Wildman–Crippen LogP) is 4.28. The third kappa shape index (κ3) is 3.86. The summed E-state index contributed by atoms with van der Waals surface area (Å²) in [5.74, 6) is 1.14. The summed E-state index contributed by atoms with van der Waals surface area (Å²) in [4.78, 5) is 20.7. The van der Waals surface area contributed by atoms with Crippen molar-refractivity contribution >= 4 is 6.16 Å². The molecule has 0 N–H and O–H groups in total. The Morgan fingerprint density at radius 3 is 2.35 bits per heavy atom. The zero-order valence-corrected chi connectivity index (χ0v) is 14.2. The van der Waals surface area contributed by atoms with Crippen molar-refractivity contribution in [1.29, 1.82) is 0 Å². The van der Waals surface area contributed by atoms with Crippen LogP contribution in [0.2, 0.25) is 0 Å². The van der Waals surface area contributed by atoms with Gasteiger partial charge in [0.2, 0.25) is 0 Å². The zero-order chi connectivity index (χ0) is 17.0. The van der Waals surface area contributed by atoms with Crippen molar-refractivity contribution in [3.05, 3.63) is 41.2 Å². The van der Waals surface area contributed by atoms with Gasteiger partial charge in [-0.15, -0.1) is 0 Å². The van der Waals surface area contributed by atoms with Gasteiger partial charge in [0.15, 0.2) is 11.6 Å². The maximum Gasteiger partial charge on any atom is 0.513 e. The van der Waals surface area contributed by atoms with Gasteiger partial charge in [-0.1, -0.05) is 50.6 Å². The third-order valence-corrected chi connectivity index (χ3v) is 3.51. The van der Waals surface area contributed by atoms with Gasteiger partial charge in [0, 0.05) is 5.56 Å². The van der Waals surface area contributed by atoms with Gasteiger partial charge in [0.05, 0.1) is 18.5 Å². The fourth-order valence-electron chi connectivity index (χ4n) is 2.22. The van der Waals surface area contributed by atoms with Crippen molar-refractivity contribution in [3.8, 4) is 17.1 Å². The Morgan fingerprint density at radius 2 is 1.83 bits per heavy atom. The van der Waals surface area contributed by atoms with E-state index in [1.807, 2.05) is 52.0 Å². The highest BCUT2D eigenvalue weighted by molar-refractivity contribution is 5.65. The molecule has 0 radical (unpaired) electrons. The van der Waals surface area contributed by atoms with Gasteiger partial charge in [-0.2, -0.15) is 0 Å². The third-order valence-electron chi connectivity index (χ3n) is 3.51. The van der Waals surface area contributed by atoms with Crippen LogP contribution in [0.4, 0.5) is 4.79 Å².